The maximum Gasteiger partial charge on any atom is 0.387 e. The van der Waals surface area contributed by atoms with E-state index >= 15 is 0 Å². The molecule has 102 valence electrons. The molecule has 2 aromatic rings. The van der Waals surface area contributed by atoms with Crippen LogP contribution >= 0.6 is 15.9 Å². The third-order valence-corrected chi connectivity index (χ3v) is 2.95. The first-order chi connectivity index (χ1) is 9.06. The van der Waals surface area contributed by atoms with E-state index in [1.807, 2.05) is 6.92 Å². The summed E-state index contributed by atoms with van der Waals surface area (Å²) in [6, 6.07) is 6.64. The first-order valence-electron chi connectivity index (χ1n) is 5.63. The molecule has 1 aromatic heterocycles. The molecule has 1 unspecified atom stereocenters. The van der Waals surface area contributed by atoms with Crippen molar-refractivity contribution in [3.05, 3.63) is 41.7 Å². The molecule has 0 aliphatic heterocycles. The molecule has 0 bridgehead atoms. The minimum atomic E-state index is -2.84. The first-order valence-corrected chi connectivity index (χ1v) is 6.54. The lowest BCUT2D eigenvalue weighted by Gasteiger charge is -2.09. The molecular formula is C12H12BrF2N3O. The maximum atomic E-state index is 12.3. The molecule has 0 fully saturated rings. The molecule has 1 atom stereocenters. The van der Waals surface area contributed by atoms with Crippen LogP contribution < -0.4 is 4.74 Å². The van der Waals surface area contributed by atoms with Crippen LogP contribution in [0.5, 0.6) is 5.75 Å². The third kappa shape index (κ3) is 3.73. The number of para-hydroxylation sites is 1. The van der Waals surface area contributed by atoms with Gasteiger partial charge in [-0.1, -0.05) is 39.3 Å². The van der Waals surface area contributed by atoms with Gasteiger partial charge in [-0.05, 0) is 13.0 Å². The van der Waals surface area contributed by atoms with Crippen molar-refractivity contribution >= 4 is 15.9 Å². The van der Waals surface area contributed by atoms with E-state index in [4.69, 9.17) is 0 Å². The van der Waals surface area contributed by atoms with Gasteiger partial charge in [-0.25, -0.2) is 4.68 Å². The summed E-state index contributed by atoms with van der Waals surface area (Å²) in [5.74, 6) is 0.154. The number of nitrogens with zero attached hydrogens (tertiary/aromatic N) is 3. The van der Waals surface area contributed by atoms with Crippen LogP contribution in [0.2, 0.25) is 0 Å². The third-order valence-electron chi connectivity index (χ3n) is 2.48. The summed E-state index contributed by atoms with van der Waals surface area (Å²) in [4.78, 5) is 0.0915. The lowest BCUT2D eigenvalue weighted by Crippen LogP contribution is -2.07. The highest BCUT2D eigenvalue weighted by Gasteiger charge is 2.11. The maximum absolute atomic E-state index is 12.3. The number of benzene rings is 1. The van der Waals surface area contributed by atoms with Crippen molar-refractivity contribution in [2.24, 2.45) is 0 Å². The van der Waals surface area contributed by atoms with Gasteiger partial charge in [-0.15, -0.1) is 5.10 Å². The topological polar surface area (TPSA) is 39.9 Å². The smallest absolute Gasteiger partial charge is 0.387 e. The number of rotatable bonds is 5. The number of hydrogen-bond donors (Lipinski definition) is 0. The molecule has 4 nitrogen and oxygen atoms in total. The molecule has 0 saturated carbocycles. The van der Waals surface area contributed by atoms with Crippen molar-refractivity contribution < 1.29 is 13.5 Å². The first kappa shape index (κ1) is 13.9. The van der Waals surface area contributed by atoms with E-state index in [2.05, 4.69) is 31.0 Å². The lowest BCUT2D eigenvalue weighted by molar-refractivity contribution is -0.0505. The normalized spacial score (nSPS) is 12.7. The van der Waals surface area contributed by atoms with Crippen molar-refractivity contribution in [3.8, 4) is 5.75 Å². The monoisotopic (exact) mass is 331 g/mol. The Morgan fingerprint density at radius 3 is 2.74 bits per heavy atom. The number of alkyl halides is 3. The molecule has 0 aliphatic carbocycles. The van der Waals surface area contributed by atoms with Gasteiger partial charge >= 0.3 is 6.61 Å². The number of aromatic nitrogens is 3. The zero-order valence-electron chi connectivity index (χ0n) is 10.1. The second-order valence-electron chi connectivity index (χ2n) is 3.94. The van der Waals surface area contributed by atoms with Gasteiger partial charge in [0.2, 0.25) is 0 Å². The molecule has 0 amide bonds. The van der Waals surface area contributed by atoms with Crippen LogP contribution in [0.4, 0.5) is 8.78 Å². The van der Waals surface area contributed by atoms with Gasteiger partial charge in [0.1, 0.15) is 5.75 Å². The molecule has 2 rings (SSSR count). The molecule has 0 saturated heterocycles. The number of ether oxygens (including phenoxy) is 1. The average Bonchev–Trinajstić information content (AvgIpc) is 2.80. The summed E-state index contributed by atoms with van der Waals surface area (Å²) < 4.78 is 30.6. The van der Waals surface area contributed by atoms with Crippen molar-refractivity contribution in [1.29, 1.82) is 0 Å². The molecule has 0 spiro atoms. The molecule has 7 heteroatoms. The zero-order chi connectivity index (χ0) is 13.8. The highest BCUT2D eigenvalue weighted by atomic mass is 79.9. The van der Waals surface area contributed by atoms with Gasteiger partial charge in [0.05, 0.1) is 17.1 Å². The molecule has 0 aliphatic rings. The minimum Gasteiger partial charge on any atom is -0.434 e. The van der Waals surface area contributed by atoms with Crippen LogP contribution in [0.25, 0.3) is 0 Å². The Kier molecular flexibility index (Phi) is 4.47. The molecular weight excluding hydrogens is 320 g/mol. The van der Waals surface area contributed by atoms with E-state index in [1.165, 1.54) is 6.07 Å². The van der Waals surface area contributed by atoms with Crippen molar-refractivity contribution in [2.75, 3.05) is 0 Å². The van der Waals surface area contributed by atoms with E-state index in [0.29, 0.717) is 12.1 Å². The highest BCUT2D eigenvalue weighted by Crippen LogP contribution is 2.22. The fourth-order valence-electron chi connectivity index (χ4n) is 1.59. The van der Waals surface area contributed by atoms with Crippen LogP contribution in [0, 0.1) is 0 Å². The second kappa shape index (κ2) is 6.10. The van der Waals surface area contributed by atoms with Crippen molar-refractivity contribution in [2.45, 2.75) is 24.9 Å². The second-order valence-corrected chi connectivity index (χ2v) is 5.32. The Morgan fingerprint density at radius 1 is 1.37 bits per heavy atom. The Balaban J connectivity index is 2.17. The van der Waals surface area contributed by atoms with Gasteiger partial charge in [-0.2, -0.15) is 8.78 Å². The van der Waals surface area contributed by atoms with Gasteiger partial charge < -0.3 is 4.74 Å². The van der Waals surface area contributed by atoms with Crippen LogP contribution in [0.1, 0.15) is 23.0 Å². The zero-order valence-corrected chi connectivity index (χ0v) is 11.7. The van der Waals surface area contributed by atoms with Crippen LogP contribution in [-0.4, -0.2) is 21.6 Å². The summed E-state index contributed by atoms with van der Waals surface area (Å²) in [5.41, 5.74) is 1.41. The van der Waals surface area contributed by atoms with E-state index < -0.39 is 6.61 Å². The van der Waals surface area contributed by atoms with E-state index in [1.54, 1.807) is 29.1 Å². The lowest BCUT2D eigenvalue weighted by atomic mass is 10.2. The summed E-state index contributed by atoms with van der Waals surface area (Å²) in [5, 5.41) is 7.93. The standard InChI is InChI=1S/C12H12BrF2N3O/c1-8(13)10-7-18(17-16-10)6-9-4-2-3-5-11(9)19-12(14)15/h2-5,7-8,12H,6H2,1H3. The molecule has 0 radical (unpaired) electrons. The minimum absolute atomic E-state index is 0.0915. The van der Waals surface area contributed by atoms with E-state index in [0.717, 1.165) is 5.69 Å². The highest BCUT2D eigenvalue weighted by molar-refractivity contribution is 9.09. The molecule has 19 heavy (non-hydrogen) atoms. The van der Waals surface area contributed by atoms with Gasteiger partial charge in [0, 0.05) is 11.8 Å². The van der Waals surface area contributed by atoms with E-state index in [9.17, 15) is 8.78 Å². The van der Waals surface area contributed by atoms with Gasteiger partial charge in [0.15, 0.2) is 0 Å². The van der Waals surface area contributed by atoms with Gasteiger partial charge in [-0.3, -0.25) is 0 Å². The Bertz CT molecular complexity index is 545. The fourth-order valence-corrected chi connectivity index (χ4v) is 1.80. The summed E-state index contributed by atoms with van der Waals surface area (Å²) >= 11 is 3.39. The predicted molar refractivity (Wildman–Crippen MR) is 69.5 cm³/mol. The van der Waals surface area contributed by atoms with Crippen LogP contribution in [0.3, 0.4) is 0 Å². The van der Waals surface area contributed by atoms with Crippen molar-refractivity contribution in [1.82, 2.24) is 15.0 Å². The molecule has 1 heterocycles. The SMILES string of the molecule is CC(Br)c1cn(Cc2ccccc2OC(F)F)nn1. The Morgan fingerprint density at radius 2 is 2.11 bits per heavy atom. The Hall–Kier alpha value is -1.50. The van der Waals surface area contributed by atoms with Crippen LogP contribution in [0.15, 0.2) is 30.5 Å². The van der Waals surface area contributed by atoms with Crippen molar-refractivity contribution in [3.63, 3.8) is 0 Å². The summed E-state index contributed by atoms with van der Waals surface area (Å²) in [6.45, 7) is -0.576. The average molecular weight is 332 g/mol. The largest absolute Gasteiger partial charge is 0.434 e. The van der Waals surface area contributed by atoms with Crippen LogP contribution in [-0.2, 0) is 6.54 Å². The van der Waals surface area contributed by atoms with Gasteiger partial charge in [0.25, 0.3) is 0 Å². The predicted octanol–water partition coefficient (Wildman–Crippen LogP) is 3.38. The summed E-state index contributed by atoms with van der Waals surface area (Å²) in [7, 11) is 0. The summed E-state index contributed by atoms with van der Waals surface area (Å²) in [6.07, 6.45) is 1.76. The van der Waals surface area contributed by atoms with E-state index in [-0.39, 0.29) is 10.6 Å². The number of halogens is 3. The Labute approximate surface area is 117 Å². The molecule has 0 N–H and O–H groups in total. The molecule has 1 aromatic carbocycles. The fraction of sp³-hybridized carbons (Fsp3) is 0.333. The quantitative estimate of drug-likeness (QED) is 0.788. The number of hydrogen-bond acceptors (Lipinski definition) is 3.